The molecule has 3 aromatic rings. The summed E-state index contributed by atoms with van der Waals surface area (Å²) in [6.45, 7) is 2.86. The predicted molar refractivity (Wildman–Crippen MR) is 109 cm³/mol. The van der Waals surface area contributed by atoms with Crippen LogP contribution in [0.1, 0.15) is 12.7 Å². The van der Waals surface area contributed by atoms with E-state index in [1.165, 1.54) is 23.9 Å². The van der Waals surface area contributed by atoms with E-state index in [1.54, 1.807) is 19.2 Å². The number of anilines is 1. The number of amides is 1. The van der Waals surface area contributed by atoms with E-state index >= 15 is 0 Å². The highest BCUT2D eigenvalue weighted by molar-refractivity contribution is 7.99. The Morgan fingerprint density at radius 3 is 2.62 bits per heavy atom. The van der Waals surface area contributed by atoms with Gasteiger partial charge in [0.05, 0.1) is 12.9 Å². The van der Waals surface area contributed by atoms with E-state index in [0.29, 0.717) is 29.0 Å². The van der Waals surface area contributed by atoms with Crippen molar-refractivity contribution in [3.63, 3.8) is 0 Å². The second kappa shape index (κ2) is 9.92. The Labute approximate surface area is 172 Å². The maximum atomic E-state index is 13.2. The Morgan fingerprint density at radius 1 is 1.17 bits per heavy atom. The van der Waals surface area contributed by atoms with Gasteiger partial charge in [-0.3, -0.25) is 4.79 Å². The zero-order valence-corrected chi connectivity index (χ0v) is 16.9. The molecule has 29 heavy (non-hydrogen) atoms. The number of hydrogen-bond acceptors (Lipinski definition) is 6. The molecule has 2 aromatic carbocycles. The minimum absolute atomic E-state index is 0.133. The largest absolute Gasteiger partial charge is 0.497 e. The van der Waals surface area contributed by atoms with E-state index in [0.717, 1.165) is 5.75 Å². The van der Waals surface area contributed by atoms with Gasteiger partial charge in [-0.2, -0.15) is 0 Å². The van der Waals surface area contributed by atoms with Crippen molar-refractivity contribution in [2.45, 2.75) is 25.2 Å². The summed E-state index contributed by atoms with van der Waals surface area (Å²) in [6.07, 6.45) is 0. The number of nitrogens with zero attached hydrogens (tertiary/aromatic N) is 3. The summed E-state index contributed by atoms with van der Waals surface area (Å²) in [5, 5.41) is 11.6. The van der Waals surface area contributed by atoms with E-state index in [1.807, 2.05) is 35.8 Å². The van der Waals surface area contributed by atoms with Gasteiger partial charge >= 0.3 is 0 Å². The molecule has 0 aliphatic heterocycles. The molecule has 7 nitrogen and oxygen atoms in total. The molecule has 0 spiro atoms. The third kappa shape index (κ3) is 5.71. The van der Waals surface area contributed by atoms with E-state index in [2.05, 4.69) is 15.5 Å². The number of aromatic nitrogens is 3. The molecular formula is C20H21FN4O3S. The summed E-state index contributed by atoms with van der Waals surface area (Å²) in [4.78, 5) is 12.1. The molecular weight excluding hydrogens is 395 g/mol. The molecule has 1 heterocycles. The van der Waals surface area contributed by atoms with Crippen LogP contribution in [0.15, 0.2) is 53.7 Å². The summed E-state index contributed by atoms with van der Waals surface area (Å²) in [6, 6.07) is 13.0. The van der Waals surface area contributed by atoms with Gasteiger partial charge in [0.2, 0.25) is 5.91 Å². The molecule has 0 aliphatic rings. The summed E-state index contributed by atoms with van der Waals surface area (Å²) in [7, 11) is 1.61. The third-order valence-electron chi connectivity index (χ3n) is 3.98. The fourth-order valence-electron chi connectivity index (χ4n) is 2.56. The summed E-state index contributed by atoms with van der Waals surface area (Å²) < 4.78 is 26.0. The quantitative estimate of drug-likeness (QED) is 0.535. The monoisotopic (exact) mass is 416 g/mol. The van der Waals surface area contributed by atoms with Crippen molar-refractivity contribution in [3.05, 3.63) is 60.2 Å². The molecule has 0 aliphatic carbocycles. The predicted octanol–water partition coefficient (Wildman–Crippen LogP) is 3.76. The summed E-state index contributed by atoms with van der Waals surface area (Å²) >= 11 is 1.26. The van der Waals surface area contributed by atoms with Crippen molar-refractivity contribution < 1.29 is 18.7 Å². The zero-order chi connectivity index (χ0) is 20.6. The van der Waals surface area contributed by atoms with Crippen molar-refractivity contribution in [1.82, 2.24) is 14.8 Å². The Kier molecular flexibility index (Phi) is 7.07. The number of carbonyl (C=O) groups excluding carboxylic acids is 1. The van der Waals surface area contributed by atoms with Crippen LogP contribution < -0.4 is 14.8 Å². The SMILES string of the molecule is CCn1c(COc2ccc(OC)cc2)nnc1SCC(=O)Nc1cccc(F)c1. The van der Waals surface area contributed by atoms with Gasteiger partial charge in [-0.25, -0.2) is 4.39 Å². The van der Waals surface area contributed by atoms with Gasteiger partial charge in [-0.05, 0) is 49.4 Å². The number of nitrogens with one attached hydrogen (secondary N) is 1. The van der Waals surface area contributed by atoms with Crippen molar-refractivity contribution in [3.8, 4) is 11.5 Å². The first-order valence-corrected chi connectivity index (χ1v) is 9.94. The number of hydrogen-bond donors (Lipinski definition) is 1. The van der Waals surface area contributed by atoms with Crippen molar-refractivity contribution in [1.29, 1.82) is 0 Å². The molecule has 0 saturated carbocycles. The lowest BCUT2D eigenvalue weighted by molar-refractivity contribution is -0.113. The van der Waals surface area contributed by atoms with E-state index in [4.69, 9.17) is 9.47 Å². The zero-order valence-electron chi connectivity index (χ0n) is 16.1. The Bertz CT molecular complexity index is 963. The topological polar surface area (TPSA) is 78.3 Å². The highest BCUT2D eigenvalue weighted by Gasteiger charge is 2.14. The van der Waals surface area contributed by atoms with Crippen LogP contribution >= 0.6 is 11.8 Å². The number of rotatable bonds is 9. The Balaban J connectivity index is 1.56. The maximum Gasteiger partial charge on any atom is 0.234 e. The summed E-state index contributed by atoms with van der Waals surface area (Å²) in [5.41, 5.74) is 0.418. The Morgan fingerprint density at radius 2 is 1.93 bits per heavy atom. The average Bonchev–Trinajstić information content (AvgIpc) is 3.13. The van der Waals surface area contributed by atoms with Gasteiger partial charge in [0.25, 0.3) is 0 Å². The van der Waals surface area contributed by atoms with E-state index in [9.17, 15) is 9.18 Å². The minimum atomic E-state index is -0.400. The van der Waals surface area contributed by atoms with Crippen LogP contribution in [0.3, 0.4) is 0 Å². The molecule has 152 valence electrons. The van der Waals surface area contributed by atoms with Crippen molar-refractivity contribution >= 4 is 23.4 Å². The molecule has 0 fully saturated rings. The first-order chi connectivity index (χ1) is 14.1. The Hall–Kier alpha value is -3.07. The van der Waals surface area contributed by atoms with Crippen molar-refractivity contribution in [2.75, 3.05) is 18.2 Å². The molecule has 3 rings (SSSR count). The van der Waals surface area contributed by atoms with Gasteiger partial charge in [-0.15, -0.1) is 10.2 Å². The first kappa shape index (κ1) is 20.7. The lowest BCUT2D eigenvalue weighted by atomic mass is 10.3. The number of halogens is 1. The van der Waals surface area contributed by atoms with Gasteiger partial charge in [0, 0.05) is 12.2 Å². The summed E-state index contributed by atoms with van der Waals surface area (Å²) in [5.74, 6) is 1.60. The first-order valence-electron chi connectivity index (χ1n) is 8.96. The van der Waals surface area contributed by atoms with Crippen LogP contribution in [-0.4, -0.2) is 33.5 Å². The number of carbonyl (C=O) groups is 1. The molecule has 1 amide bonds. The van der Waals surface area contributed by atoms with Crippen LogP contribution in [0.25, 0.3) is 0 Å². The highest BCUT2D eigenvalue weighted by atomic mass is 32.2. The van der Waals surface area contributed by atoms with E-state index in [-0.39, 0.29) is 18.3 Å². The molecule has 1 aromatic heterocycles. The molecule has 0 atom stereocenters. The average molecular weight is 416 g/mol. The maximum absolute atomic E-state index is 13.2. The van der Waals surface area contributed by atoms with Crippen LogP contribution in [0.2, 0.25) is 0 Å². The number of benzene rings is 2. The molecule has 0 bridgehead atoms. The third-order valence-corrected chi connectivity index (χ3v) is 4.94. The molecule has 9 heteroatoms. The van der Waals surface area contributed by atoms with Crippen LogP contribution in [0.4, 0.5) is 10.1 Å². The normalized spacial score (nSPS) is 10.6. The number of thioether (sulfide) groups is 1. The fourth-order valence-corrected chi connectivity index (χ4v) is 3.38. The smallest absolute Gasteiger partial charge is 0.234 e. The van der Waals surface area contributed by atoms with Gasteiger partial charge in [-0.1, -0.05) is 17.8 Å². The van der Waals surface area contributed by atoms with Crippen LogP contribution in [-0.2, 0) is 17.9 Å². The lowest BCUT2D eigenvalue weighted by Crippen LogP contribution is -2.15. The van der Waals surface area contributed by atoms with Crippen LogP contribution in [0.5, 0.6) is 11.5 Å². The van der Waals surface area contributed by atoms with Crippen molar-refractivity contribution in [2.24, 2.45) is 0 Å². The number of ether oxygens (including phenoxy) is 2. The minimum Gasteiger partial charge on any atom is -0.497 e. The lowest BCUT2D eigenvalue weighted by Gasteiger charge is -2.09. The second-order valence-electron chi connectivity index (χ2n) is 5.95. The van der Waals surface area contributed by atoms with Crippen LogP contribution in [0, 0.1) is 5.82 Å². The van der Waals surface area contributed by atoms with E-state index < -0.39 is 5.82 Å². The molecule has 0 radical (unpaired) electrons. The molecule has 0 unspecified atom stereocenters. The number of methoxy groups -OCH3 is 1. The molecule has 0 saturated heterocycles. The second-order valence-corrected chi connectivity index (χ2v) is 6.90. The van der Waals surface area contributed by atoms with Gasteiger partial charge in [0.15, 0.2) is 11.0 Å². The van der Waals surface area contributed by atoms with Gasteiger partial charge < -0.3 is 19.4 Å². The van der Waals surface area contributed by atoms with Gasteiger partial charge in [0.1, 0.15) is 23.9 Å². The fraction of sp³-hybridized carbons (Fsp3) is 0.250. The highest BCUT2D eigenvalue weighted by Crippen LogP contribution is 2.21. The standard InChI is InChI=1S/C20H21FN4O3S/c1-3-25-18(12-28-17-9-7-16(27-2)8-10-17)23-24-20(25)29-13-19(26)22-15-6-4-5-14(21)11-15/h4-11H,3,12-13H2,1-2H3,(H,22,26). The molecule has 1 N–H and O–H groups in total.